The number of nitrogens with zero attached hydrogens (tertiary/aromatic N) is 2. The molecule has 0 fully saturated rings. The van der Waals surface area contributed by atoms with Crippen molar-refractivity contribution >= 4 is 21.9 Å². The van der Waals surface area contributed by atoms with Crippen LogP contribution in [0.5, 0.6) is 0 Å². The fraction of sp³-hybridized carbons (Fsp3) is 0.130. The van der Waals surface area contributed by atoms with E-state index in [-0.39, 0.29) is 20.1 Å². The van der Waals surface area contributed by atoms with Crippen LogP contribution in [-0.4, -0.2) is 9.97 Å². The third-order valence-electron chi connectivity index (χ3n) is 7.91. The van der Waals surface area contributed by atoms with Crippen LogP contribution in [0.15, 0.2) is 156 Å². The molecule has 3 heterocycles. The second-order valence-electron chi connectivity index (χ2n) is 12.7. The summed E-state index contributed by atoms with van der Waals surface area (Å²) >= 11 is 0. The fourth-order valence-corrected chi connectivity index (χ4v) is 5.76. The number of benzene rings is 5. The van der Waals surface area contributed by atoms with E-state index < -0.39 is 18.2 Å². The largest absolute Gasteiger partial charge is 0.501 e. The zero-order valence-corrected chi connectivity index (χ0v) is 30.5. The second kappa shape index (κ2) is 15.6. The van der Waals surface area contributed by atoms with Crippen LogP contribution < -0.4 is 0 Å². The van der Waals surface area contributed by atoms with Gasteiger partial charge in [0.25, 0.3) is 0 Å². The van der Waals surface area contributed by atoms with Crippen molar-refractivity contribution in [2.75, 3.05) is 0 Å². The van der Waals surface area contributed by atoms with Gasteiger partial charge in [-0.3, -0.25) is 0 Å². The molecule has 3 nitrogen and oxygen atoms in total. The smallest absolute Gasteiger partial charge is 0.121 e. The van der Waals surface area contributed by atoms with Gasteiger partial charge in [0.1, 0.15) is 5.58 Å². The Morgan fingerprint density at radius 3 is 2.12 bits per heavy atom. The van der Waals surface area contributed by atoms with Crippen LogP contribution in [0, 0.1) is 17.5 Å². The van der Waals surface area contributed by atoms with Gasteiger partial charge < -0.3 is 14.4 Å². The zero-order chi connectivity index (χ0) is 37.2. The normalized spacial score (nSPS) is 12.9. The van der Waals surface area contributed by atoms with Gasteiger partial charge in [-0.1, -0.05) is 134 Å². The molecular weight excluding hydrogens is 789 g/mol. The number of aromatic nitrogens is 2. The van der Waals surface area contributed by atoms with Crippen molar-refractivity contribution in [2.45, 2.75) is 33.5 Å². The van der Waals surface area contributed by atoms with Crippen molar-refractivity contribution in [3.63, 3.8) is 0 Å². The monoisotopic (exact) mass is 831 g/mol. The first-order chi connectivity index (χ1) is 25.4. The van der Waals surface area contributed by atoms with E-state index >= 15 is 0 Å². The van der Waals surface area contributed by atoms with Gasteiger partial charge in [0.15, 0.2) is 0 Å². The van der Waals surface area contributed by atoms with Crippen molar-refractivity contribution in [1.29, 1.82) is 0 Å². The molecule has 0 atom stereocenters. The van der Waals surface area contributed by atoms with Gasteiger partial charge in [-0.25, -0.2) is 0 Å². The number of rotatable bonds is 6. The van der Waals surface area contributed by atoms with Gasteiger partial charge in [0, 0.05) is 43.4 Å². The third kappa shape index (κ3) is 8.17. The summed E-state index contributed by atoms with van der Waals surface area (Å²) in [5.41, 5.74) is 7.85. The minimum absolute atomic E-state index is 0. The van der Waals surface area contributed by atoms with Gasteiger partial charge in [-0.2, -0.15) is 0 Å². The topological polar surface area (TPSA) is 38.9 Å². The van der Waals surface area contributed by atoms with Gasteiger partial charge in [0.2, 0.25) is 0 Å². The Bertz CT molecular complexity index is 2500. The summed E-state index contributed by atoms with van der Waals surface area (Å²) in [4.78, 5) is 8.85. The minimum atomic E-state index is -1.59. The van der Waals surface area contributed by atoms with Crippen molar-refractivity contribution in [3.05, 3.63) is 181 Å². The Morgan fingerprint density at radius 2 is 1.36 bits per heavy atom. The van der Waals surface area contributed by atoms with Crippen molar-refractivity contribution in [3.8, 4) is 33.6 Å². The maximum atomic E-state index is 8.64. The molecule has 0 amide bonds. The maximum absolute atomic E-state index is 8.64. The Balaban J connectivity index is 0.000000197. The summed E-state index contributed by atoms with van der Waals surface area (Å²) in [7, 11) is 0. The molecule has 0 saturated heterocycles. The van der Waals surface area contributed by atoms with E-state index in [4.69, 9.17) is 9.90 Å². The van der Waals surface area contributed by atoms with Crippen molar-refractivity contribution < 1.29 is 30.0 Å². The molecule has 4 heteroatoms. The summed E-state index contributed by atoms with van der Waals surface area (Å²) < 4.78 is 40.6. The standard InChI is InChI=1S/C28H24NO.C18H14N.Ir/c1-28(2,3)18-19-14-15-29-25(16-19)24-11-7-10-23-22-13-12-21(17-26(22)30-27(23)24)20-8-5-4-6-9-20;1-2-8-15(9-3-1)14-16-10-4-5-11-17(16)18-12-6-7-13-19-18;/h4-10,12-17H,18H2,1-3H3;1-10,12-13H,14H2;/q2*-1;/i18D2;14D2;. The zero-order valence-electron chi connectivity index (χ0n) is 32.1. The predicted octanol–water partition coefficient (Wildman–Crippen LogP) is 11.8. The molecule has 0 N–H and O–H groups in total. The van der Waals surface area contributed by atoms with E-state index in [1.807, 2.05) is 99.6 Å². The SMILES string of the molecule is [2H]C([2H])(c1ccccc1)c1ccc[c-]c1-c1ccccn1.[2H]C([2H])(c1ccnc(-c2[c-]ccc3c2oc2cc(-c4ccccc4)ccc23)c1)C(C)(C)C.[Ir]. The Hall–Kier alpha value is -5.15. The van der Waals surface area contributed by atoms with Crippen LogP contribution in [0.4, 0.5) is 0 Å². The summed E-state index contributed by atoms with van der Waals surface area (Å²) in [6, 6.07) is 50.5. The molecule has 0 aliphatic rings. The van der Waals surface area contributed by atoms with E-state index in [2.05, 4.69) is 52.4 Å². The molecule has 5 aromatic carbocycles. The van der Waals surface area contributed by atoms with Gasteiger partial charge >= 0.3 is 0 Å². The minimum Gasteiger partial charge on any atom is -0.501 e. The molecule has 50 heavy (non-hydrogen) atoms. The van der Waals surface area contributed by atoms with E-state index in [0.717, 1.165) is 38.7 Å². The molecule has 1 radical (unpaired) electrons. The first-order valence-corrected chi connectivity index (χ1v) is 16.3. The molecule has 8 rings (SSSR count). The molecular formula is C46H38IrN2O-2. The number of pyridine rings is 2. The molecule has 0 aliphatic carbocycles. The van der Waals surface area contributed by atoms with Crippen LogP contribution in [0.3, 0.4) is 0 Å². The predicted molar refractivity (Wildman–Crippen MR) is 202 cm³/mol. The van der Waals surface area contributed by atoms with Crippen LogP contribution in [-0.2, 0) is 32.9 Å². The van der Waals surface area contributed by atoms with E-state index in [0.29, 0.717) is 33.5 Å². The first kappa shape index (κ1) is 29.7. The summed E-state index contributed by atoms with van der Waals surface area (Å²) in [6.45, 7) is 5.72. The van der Waals surface area contributed by atoms with Crippen LogP contribution in [0.25, 0.3) is 55.6 Å². The summed E-state index contributed by atoms with van der Waals surface area (Å²) in [5, 5.41) is 2.04. The molecule has 0 saturated carbocycles. The van der Waals surface area contributed by atoms with E-state index in [1.54, 1.807) is 42.7 Å². The molecule has 249 valence electrons. The fourth-order valence-electron chi connectivity index (χ4n) is 5.76. The van der Waals surface area contributed by atoms with Crippen molar-refractivity contribution in [1.82, 2.24) is 9.97 Å². The number of hydrogen-bond acceptors (Lipinski definition) is 3. The summed E-state index contributed by atoms with van der Waals surface area (Å²) in [5.74, 6) is 0. The molecule has 0 bridgehead atoms. The van der Waals surface area contributed by atoms with Crippen LogP contribution >= 0.6 is 0 Å². The van der Waals surface area contributed by atoms with Crippen LogP contribution in [0.2, 0.25) is 0 Å². The van der Waals surface area contributed by atoms with Crippen LogP contribution in [0.1, 0.15) is 42.9 Å². The van der Waals surface area contributed by atoms with E-state index in [1.165, 1.54) is 0 Å². The third-order valence-corrected chi connectivity index (χ3v) is 7.91. The number of furan rings is 1. The Morgan fingerprint density at radius 1 is 0.620 bits per heavy atom. The molecule has 0 spiro atoms. The molecule has 8 aromatic rings. The van der Waals surface area contributed by atoms with Gasteiger partial charge in [-0.15, -0.1) is 53.6 Å². The first-order valence-electron chi connectivity index (χ1n) is 18.3. The average molecular weight is 831 g/mol. The molecule has 0 aliphatic heterocycles. The van der Waals surface area contributed by atoms with Crippen molar-refractivity contribution in [2.24, 2.45) is 5.41 Å². The average Bonchev–Trinajstić information content (AvgIpc) is 3.57. The molecule has 0 unspecified atom stereocenters. The molecule has 3 aromatic heterocycles. The maximum Gasteiger partial charge on any atom is 0.121 e. The summed E-state index contributed by atoms with van der Waals surface area (Å²) in [6.07, 6.45) is 0.276. The Kier molecular flexibility index (Phi) is 9.28. The second-order valence-corrected chi connectivity index (χ2v) is 12.7. The Labute approximate surface area is 314 Å². The number of fused-ring (bicyclic) bond motifs is 3. The number of hydrogen-bond donors (Lipinski definition) is 0. The van der Waals surface area contributed by atoms with Gasteiger partial charge in [0.05, 0.1) is 5.58 Å². The quantitative estimate of drug-likeness (QED) is 0.157. The van der Waals surface area contributed by atoms with E-state index in [9.17, 15) is 0 Å². The van der Waals surface area contributed by atoms with Gasteiger partial charge in [-0.05, 0) is 58.9 Å².